The van der Waals surface area contributed by atoms with Crippen LogP contribution in [0.15, 0.2) is 85.1 Å². The molecule has 0 aliphatic rings. The Balaban J connectivity index is 1.52. The van der Waals surface area contributed by atoms with Crippen molar-refractivity contribution in [3.63, 3.8) is 0 Å². The van der Waals surface area contributed by atoms with Gasteiger partial charge >= 0.3 is 0 Å². The standard InChI is InChI=1S/C27H25ClN4O2/c1-19-8-6-7-11-24(19)27(34)29-16-25(33)31(2)17-21-18-32(23-9-4-3-5-10-23)30-26(21)20-12-14-22(28)15-13-20/h3-15,18H,16-17H2,1-2H3,(H,29,34). The fourth-order valence-corrected chi connectivity index (χ4v) is 3.77. The van der Waals surface area contributed by atoms with Crippen molar-refractivity contribution in [1.29, 1.82) is 0 Å². The highest BCUT2D eigenvalue weighted by Crippen LogP contribution is 2.26. The van der Waals surface area contributed by atoms with E-state index in [9.17, 15) is 9.59 Å². The maximum atomic E-state index is 12.8. The largest absolute Gasteiger partial charge is 0.343 e. The number of hydrogen-bond acceptors (Lipinski definition) is 3. The third kappa shape index (κ3) is 5.35. The number of para-hydroxylation sites is 1. The molecule has 34 heavy (non-hydrogen) atoms. The van der Waals surface area contributed by atoms with Crippen LogP contribution >= 0.6 is 11.6 Å². The van der Waals surface area contributed by atoms with Crippen LogP contribution in [0.25, 0.3) is 16.9 Å². The quantitative estimate of drug-likeness (QED) is 0.416. The first-order valence-electron chi connectivity index (χ1n) is 10.9. The summed E-state index contributed by atoms with van der Waals surface area (Å²) in [4.78, 5) is 26.9. The van der Waals surface area contributed by atoms with E-state index < -0.39 is 0 Å². The summed E-state index contributed by atoms with van der Waals surface area (Å²) in [5.41, 5.74) is 4.90. The van der Waals surface area contributed by atoms with E-state index in [1.54, 1.807) is 28.8 Å². The molecule has 0 aliphatic carbocycles. The van der Waals surface area contributed by atoms with Gasteiger partial charge in [0.05, 0.1) is 17.9 Å². The third-order valence-electron chi connectivity index (χ3n) is 5.55. The Morgan fingerprint density at radius 2 is 1.65 bits per heavy atom. The molecule has 3 aromatic carbocycles. The van der Waals surface area contributed by atoms with Gasteiger partial charge in [-0.15, -0.1) is 0 Å². The Morgan fingerprint density at radius 3 is 2.35 bits per heavy atom. The number of likely N-dealkylation sites (N-methyl/N-ethyl adjacent to an activating group) is 1. The van der Waals surface area contributed by atoms with Gasteiger partial charge in [-0.05, 0) is 42.8 Å². The van der Waals surface area contributed by atoms with Crippen molar-refractivity contribution in [1.82, 2.24) is 20.0 Å². The Labute approximate surface area is 203 Å². The molecule has 1 N–H and O–H groups in total. The Bertz CT molecular complexity index is 1300. The lowest BCUT2D eigenvalue weighted by Gasteiger charge is -2.18. The predicted octanol–water partition coefficient (Wildman–Crippen LogP) is 4.89. The number of carbonyl (C=O) groups is 2. The number of amides is 2. The van der Waals surface area contributed by atoms with E-state index in [0.29, 0.717) is 17.1 Å². The van der Waals surface area contributed by atoms with Crippen molar-refractivity contribution >= 4 is 23.4 Å². The maximum absolute atomic E-state index is 12.8. The van der Waals surface area contributed by atoms with Crippen LogP contribution in [0.4, 0.5) is 0 Å². The van der Waals surface area contributed by atoms with E-state index in [0.717, 1.165) is 28.1 Å². The second-order valence-corrected chi connectivity index (χ2v) is 8.47. The fraction of sp³-hybridized carbons (Fsp3) is 0.148. The molecule has 0 atom stereocenters. The Morgan fingerprint density at radius 1 is 0.971 bits per heavy atom. The first kappa shape index (κ1) is 23.3. The summed E-state index contributed by atoms with van der Waals surface area (Å²) in [5.74, 6) is -0.463. The van der Waals surface area contributed by atoms with Gasteiger partial charge in [0.1, 0.15) is 0 Å². The van der Waals surface area contributed by atoms with E-state index in [4.69, 9.17) is 16.7 Å². The highest BCUT2D eigenvalue weighted by Gasteiger charge is 2.18. The normalized spacial score (nSPS) is 10.7. The molecule has 0 radical (unpaired) electrons. The number of nitrogens with zero attached hydrogens (tertiary/aromatic N) is 3. The molecule has 172 valence electrons. The number of benzene rings is 3. The summed E-state index contributed by atoms with van der Waals surface area (Å²) in [6, 6.07) is 24.5. The van der Waals surface area contributed by atoms with Crippen LogP contribution in [0.3, 0.4) is 0 Å². The SMILES string of the molecule is Cc1ccccc1C(=O)NCC(=O)N(C)Cc1cn(-c2ccccc2)nc1-c1ccc(Cl)cc1. The average Bonchev–Trinajstić information content (AvgIpc) is 3.27. The minimum atomic E-state index is -0.265. The smallest absolute Gasteiger partial charge is 0.251 e. The van der Waals surface area contributed by atoms with Gasteiger partial charge in [-0.25, -0.2) is 4.68 Å². The molecule has 0 fully saturated rings. The first-order chi connectivity index (χ1) is 16.4. The van der Waals surface area contributed by atoms with Gasteiger partial charge in [0, 0.05) is 41.5 Å². The van der Waals surface area contributed by atoms with Crippen molar-refractivity contribution in [2.45, 2.75) is 13.5 Å². The summed E-state index contributed by atoms with van der Waals surface area (Å²) >= 11 is 6.07. The molecular formula is C27H25ClN4O2. The van der Waals surface area contributed by atoms with Crippen LogP contribution < -0.4 is 5.32 Å². The number of hydrogen-bond donors (Lipinski definition) is 1. The summed E-state index contributed by atoms with van der Waals surface area (Å²) in [6.07, 6.45) is 1.93. The Hall–Kier alpha value is -3.90. The van der Waals surface area contributed by atoms with Crippen molar-refractivity contribution in [2.75, 3.05) is 13.6 Å². The molecule has 4 aromatic rings. The minimum absolute atomic E-state index is 0.0905. The van der Waals surface area contributed by atoms with Crippen molar-refractivity contribution in [2.24, 2.45) is 0 Å². The number of rotatable bonds is 7. The second-order valence-electron chi connectivity index (χ2n) is 8.04. The van der Waals surface area contributed by atoms with E-state index >= 15 is 0 Å². The number of aryl methyl sites for hydroxylation is 1. The number of aromatic nitrogens is 2. The van der Waals surface area contributed by atoms with E-state index in [1.807, 2.05) is 79.9 Å². The third-order valence-corrected chi connectivity index (χ3v) is 5.80. The second kappa shape index (κ2) is 10.4. The van der Waals surface area contributed by atoms with E-state index in [2.05, 4.69) is 5.32 Å². The summed E-state index contributed by atoms with van der Waals surface area (Å²) in [5, 5.41) is 8.15. The molecule has 1 aromatic heterocycles. The molecule has 6 nitrogen and oxygen atoms in total. The van der Waals surface area contributed by atoms with Gasteiger partial charge in [0.25, 0.3) is 5.91 Å². The summed E-state index contributed by atoms with van der Waals surface area (Å²) in [6.45, 7) is 2.11. The molecular weight excluding hydrogens is 448 g/mol. The Kier molecular flexibility index (Phi) is 7.09. The monoisotopic (exact) mass is 472 g/mol. The van der Waals surface area contributed by atoms with Crippen LogP contribution in [0.2, 0.25) is 5.02 Å². The molecule has 0 saturated heterocycles. The van der Waals surface area contributed by atoms with Gasteiger partial charge in [0.2, 0.25) is 5.91 Å². The molecule has 1 heterocycles. The number of halogens is 1. The van der Waals surface area contributed by atoms with E-state index in [1.165, 1.54) is 0 Å². The predicted molar refractivity (Wildman–Crippen MR) is 134 cm³/mol. The minimum Gasteiger partial charge on any atom is -0.343 e. The van der Waals surface area contributed by atoms with Gasteiger partial charge < -0.3 is 10.2 Å². The lowest BCUT2D eigenvalue weighted by Crippen LogP contribution is -2.38. The zero-order valence-electron chi connectivity index (χ0n) is 19.0. The molecule has 2 amide bonds. The zero-order chi connectivity index (χ0) is 24.1. The first-order valence-corrected chi connectivity index (χ1v) is 11.3. The van der Waals surface area contributed by atoms with Gasteiger partial charge in [-0.2, -0.15) is 5.10 Å². The fourth-order valence-electron chi connectivity index (χ4n) is 3.65. The molecule has 0 unspecified atom stereocenters. The van der Waals surface area contributed by atoms with E-state index in [-0.39, 0.29) is 18.4 Å². The van der Waals surface area contributed by atoms with Crippen LogP contribution in [0, 0.1) is 6.92 Å². The lowest BCUT2D eigenvalue weighted by molar-refractivity contribution is -0.129. The molecule has 0 bridgehead atoms. The van der Waals surface area contributed by atoms with Crippen molar-refractivity contribution < 1.29 is 9.59 Å². The number of nitrogens with one attached hydrogen (secondary N) is 1. The summed E-state index contributed by atoms with van der Waals surface area (Å²) < 4.78 is 1.80. The molecule has 7 heteroatoms. The van der Waals surface area contributed by atoms with Crippen LogP contribution in [0.5, 0.6) is 0 Å². The molecule has 0 saturated carbocycles. The highest BCUT2D eigenvalue weighted by molar-refractivity contribution is 6.30. The lowest BCUT2D eigenvalue weighted by atomic mass is 10.1. The van der Waals surface area contributed by atoms with Crippen molar-refractivity contribution in [3.8, 4) is 16.9 Å². The number of carbonyl (C=O) groups excluding carboxylic acids is 2. The van der Waals surface area contributed by atoms with Gasteiger partial charge in [-0.1, -0.05) is 60.1 Å². The average molecular weight is 473 g/mol. The van der Waals surface area contributed by atoms with Crippen LogP contribution in [-0.2, 0) is 11.3 Å². The topological polar surface area (TPSA) is 67.2 Å². The molecule has 0 spiro atoms. The zero-order valence-corrected chi connectivity index (χ0v) is 19.8. The van der Waals surface area contributed by atoms with Crippen molar-refractivity contribution in [3.05, 3.63) is 107 Å². The summed E-state index contributed by atoms with van der Waals surface area (Å²) in [7, 11) is 1.72. The van der Waals surface area contributed by atoms with Gasteiger partial charge in [-0.3, -0.25) is 9.59 Å². The highest BCUT2D eigenvalue weighted by atomic mass is 35.5. The molecule has 4 rings (SSSR count). The molecule has 0 aliphatic heterocycles. The van der Waals surface area contributed by atoms with Crippen LogP contribution in [0.1, 0.15) is 21.5 Å². The van der Waals surface area contributed by atoms with Crippen LogP contribution in [-0.4, -0.2) is 40.1 Å². The maximum Gasteiger partial charge on any atom is 0.251 e. The van der Waals surface area contributed by atoms with Gasteiger partial charge in [0.15, 0.2) is 0 Å².